The van der Waals surface area contributed by atoms with E-state index in [9.17, 15) is 4.39 Å². The van der Waals surface area contributed by atoms with E-state index in [2.05, 4.69) is 0 Å². The first-order valence-electron chi connectivity index (χ1n) is 4.65. The highest BCUT2D eigenvalue weighted by Gasteiger charge is 2.08. The van der Waals surface area contributed by atoms with Gasteiger partial charge < -0.3 is 5.11 Å². The van der Waals surface area contributed by atoms with Crippen molar-refractivity contribution in [3.8, 4) is 0 Å². The van der Waals surface area contributed by atoms with E-state index >= 15 is 0 Å². The van der Waals surface area contributed by atoms with Crippen molar-refractivity contribution in [1.29, 1.82) is 10.8 Å². The Kier molecular flexibility index (Phi) is 3.74. The third-order valence-electron chi connectivity index (χ3n) is 2.17. The van der Waals surface area contributed by atoms with Crippen LogP contribution in [0.3, 0.4) is 0 Å². The Balaban J connectivity index is 3.05. The Labute approximate surface area is 87.0 Å². The molecule has 1 atom stereocenters. The normalized spacial score (nSPS) is 12.5. The Hall–Kier alpha value is -1.49. The van der Waals surface area contributed by atoms with Crippen LogP contribution in [-0.4, -0.2) is 22.6 Å². The van der Waals surface area contributed by atoms with Crippen LogP contribution in [0, 0.1) is 22.6 Å². The van der Waals surface area contributed by atoms with Crippen molar-refractivity contribution in [3.63, 3.8) is 0 Å². The summed E-state index contributed by atoms with van der Waals surface area (Å²) in [6.07, 6.45) is 2.38. The number of nitrogens with zero attached hydrogens (tertiary/aromatic N) is 1. The second-order valence-electron chi connectivity index (χ2n) is 3.56. The van der Waals surface area contributed by atoms with Gasteiger partial charge in [0, 0.05) is 12.8 Å². The molecule has 1 heterocycles. The molecule has 4 nitrogen and oxygen atoms in total. The Morgan fingerprint density at radius 2 is 2.33 bits per heavy atom. The number of halogens is 1. The van der Waals surface area contributed by atoms with Gasteiger partial charge in [0.15, 0.2) is 0 Å². The lowest BCUT2D eigenvalue weighted by molar-refractivity contribution is 0.236. The first-order chi connectivity index (χ1) is 7.08. The van der Waals surface area contributed by atoms with Gasteiger partial charge in [0.25, 0.3) is 0 Å². The summed E-state index contributed by atoms with van der Waals surface area (Å²) in [6, 6.07) is 1.38. The molecule has 82 valence electrons. The van der Waals surface area contributed by atoms with Crippen LogP contribution in [-0.2, 0) is 6.42 Å². The second kappa shape index (κ2) is 4.84. The molecule has 0 fully saturated rings. The number of hydrogen-bond donors (Lipinski definition) is 3. The zero-order valence-electron chi connectivity index (χ0n) is 8.50. The van der Waals surface area contributed by atoms with Gasteiger partial charge in [-0.15, -0.1) is 0 Å². The van der Waals surface area contributed by atoms with Crippen molar-refractivity contribution in [1.82, 2.24) is 4.57 Å². The van der Waals surface area contributed by atoms with Crippen LogP contribution in [0.1, 0.15) is 12.5 Å². The van der Waals surface area contributed by atoms with E-state index < -0.39 is 5.82 Å². The highest BCUT2D eigenvalue weighted by atomic mass is 19.1. The van der Waals surface area contributed by atoms with Crippen LogP contribution >= 0.6 is 0 Å². The van der Waals surface area contributed by atoms with Gasteiger partial charge in [-0.3, -0.25) is 15.4 Å². The van der Waals surface area contributed by atoms with Crippen molar-refractivity contribution < 1.29 is 9.50 Å². The molecule has 0 aliphatic carbocycles. The van der Waals surface area contributed by atoms with Crippen molar-refractivity contribution in [2.75, 3.05) is 6.61 Å². The lowest BCUT2D eigenvalue weighted by Crippen LogP contribution is -2.21. The average Bonchev–Trinajstić information content (AvgIpc) is 2.22. The fourth-order valence-electron chi connectivity index (χ4n) is 1.29. The van der Waals surface area contributed by atoms with Gasteiger partial charge in [0.05, 0.1) is 6.34 Å². The molecular formula is C10H14FN3O. The molecule has 15 heavy (non-hydrogen) atoms. The van der Waals surface area contributed by atoms with Crippen LogP contribution in [0.5, 0.6) is 0 Å². The molecule has 1 unspecified atom stereocenters. The number of aliphatic hydroxyl groups excluding tert-OH is 1. The minimum absolute atomic E-state index is 0.00770. The molecule has 1 aromatic rings. The molecule has 0 aliphatic heterocycles. The third kappa shape index (κ3) is 2.73. The van der Waals surface area contributed by atoms with E-state index in [1.807, 2.05) is 0 Å². The average molecular weight is 211 g/mol. The van der Waals surface area contributed by atoms with Gasteiger partial charge in [-0.1, -0.05) is 6.92 Å². The summed E-state index contributed by atoms with van der Waals surface area (Å²) in [6.45, 7) is 1.80. The third-order valence-corrected chi connectivity index (χ3v) is 2.17. The molecule has 0 saturated carbocycles. The second-order valence-corrected chi connectivity index (χ2v) is 3.56. The number of hydrogen-bond acceptors (Lipinski definition) is 3. The fourth-order valence-corrected chi connectivity index (χ4v) is 1.29. The molecule has 0 radical (unpaired) electrons. The molecule has 0 bridgehead atoms. The predicted molar refractivity (Wildman–Crippen MR) is 54.4 cm³/mol. The maximum Gasteiger partial charge on any atom is 0.143 e. The molecule has 0 amide bonds. The van der Waals surface area contributed by atoms with E-state index in [1.165, 1.54) is 6.07 Å². The number of aromatic nitrogens is 1. The molecule has 1 rings (SSSR count). The summed E-state index contributed by atoms with van der Waals surface area (Å²) in [5.41, 5.74) is 0.464. The van der Waals surface area contributed by atoms with Gasteiger partial charge >= 0.3 is 0 Å². The van der Waals surface area contributed by atoms with E-state index in [0.717, 1.165) is 17.1 Å². The highest BCUT2D eigenvalue weighted by molar-refractivity contribution is 5.53. The molecule has 3 N–H and O–H groups in total. The SMILES string of the molecule is CC(CO)Cc1cc(=N)n(C=N)cc1F. The van der Waals surface area contributed by atoms with Crippen molar-refractivity contribution >= 4 is 6.34 Å². The molecule has 5 heteroatoms. The maximum absolute atomic E-state index is 13.4. The van der Waals surface area contributed by atoms with Crippen LogP contribution < -0.4 is 5.49 Å². The number of nitrogens with one attached hydrogen (secondary N) is 2. The molecule has 0 aliphatic rings. The standard InChI is InChI=1S/C10H14FN3O/c1-7(5-15)2-8-3-10(13)14(6-12)4-9(8)11/h3-4,6-7,12-13,15H,2,5H2,1H3. The summed E-state index contributed by atoms with van der Waals surface area (Å²) in [7, 11) is 0. The predicted octanol–water partition coefficient (Wildman–Crippen LogP) is 0.733. The summed E-state index contributed by atoms with van der Waals surface area (Å²) in [5, 5.41) is 23.3. The van der Waals surface area contributed by atoms with Crippen LogP contribution in [0.2, 0.25) is 0 Å². The van der Waals surface area contributed by atoms with E-state index in [-0.39, 0.29) is 18.0 Å². The first-order valence-corrected chi connectivity index (χ1v) is 4.65. The monoisotopic (exact) mass is 211 g/mol. The Bertz CT molecular complexity index is 414. The molecular weight excluding hydrogens is 197 g/mol. The van der Waals surface area contributed by atoms with Gasteiger partial charge in [-0.25, -0.2) is 4.39 Å². The van der Waals surface area contributed by atoms with Crippen LogP contribution in [0.25, 0.3) is 0 Å². The van der Waals surface area contributed by atoms with Gasteiger partial charge in [-0.05, 0) is 24.0 Å². The lowest BCUT2D eigenvalue weighted by atomic mass is 10.0. The summed E-state index contributed by atoms with van der Waals surface area (Å²) in [4.78, 5) is 0. The Morgan fingerprint density at radius 3 is 2.87 bits per heavy atom. The van der Waals surface area contributed by atoms with Gasteiger partial charge in [0.1, 0.15) is 11.3 Å². The minimum atomic E-state index is -0.449. The van der Waals surface area contributed by atoms with Gasteiger partial charge in [0.2, 0.25) is 0 Å². The lowest BCUT2D eigenvalue weighted by Gasteiger charge is -2.09. The smallest absolute Gasteiger partial charge is 0.143 e. The topological polar surface area (TPSA) is 72.9 Å². The van der Waals surface area contributed by atoms with E-state index in [1.54, 1.807) is 6.92 Å². The first kappa shape index (κ1) is 11.6. The van der Waals surface area contributed by atoms with Crippen molar-refractivity contribution in [3.05, 3.63) is 29.1 Å². The van der Waals surface area contributed by atoms with Crippen molar-refractivity contribution in [2.45, 2.75) is 13.3 Å². The fraction of sp³-hybridized carbons (Fsp3) is 0.400. The minimum Gasteiger partial charge on any atom is -0.396 e. The summed E-state index contributed by atoms with van der Waals surface area (Å²) >= 11 is 0. The molecule has 1 aromatic heterocycles. The van der Waals surface area contributed by atoms with Crippen LogP contribution in [0.15, 0.2) is 12.3 Å². The summed E-state index contributed by atoms with van der Waals surface area (Å²) < 4.78 is 14.5. The zero-order chi connectivity index (χ0) is 11.4. The highest BCUT2D eigenvalue weighted by Crippen LogP contribution is 2.09. The number of pyridine rings is 1. The molecule has 0 saturated heterocycles. The quantitative estimate of drug-likeness (QED) is 0.498. The molecule has 0 spiro atoms. The van der Waals surface area contributed by atoms with E-state index in [0.29, 0.717) is 12.0 Å². The van der Waals surface area contributed by atoms with E-state index in [4.69, 9.17) is 15.9 Å². The zero-order valence-corrected chi connectivity index (χ0v) is 8.50. The summed E-state index contributed by atoms with van der Waals surface area (Å²) in [5.74, 6) is -0.482. The number of rotatable bonds is 4. The van der Waals surface area contributed by atoms with Gasteiger partial charge in [-0.2, -0.15) is 0 Å². The molecule has 0 aromatic carbocycles. The number of aliphatic hydroxyl groups is 1. The maximum atomic E-state index is 13.4. The van der Waals surface area contributed by atoms with Crippen LogP contribution in [0.4, 0.5) is 4.39 Å². The van der Waals surface area contributed by atoms with Crippen molar-refractivity contribution in [2.24, 2.45) is 5.92 Å². The largest absolute Gasteiger partial charge is 0.396 e. The Morgan fingerprint density at radius 1 is 1.67 bits per heavy atom.